The van der Waals surface area contributed by atoms with Gasteiger partial charge in [0, 0.05) is 25.2 Å². The first-order valence-electron chi connectivity index (χ1n) is 7.34. The van der Waals surface area contributed by atoms with Crippen molar-refractivity contribution in [1.29, 1.82) is 0 Å². The molecule has 0 aliphatic carbocycles. The number of ether oxygens (including phenoxy) is 1. The number of rotatable bonds is 9. The van der Waals surface area contributed by atoms with E-state index >= 15 is 0 Å². The van der Waals surface area contributed by atoms with E-state index in [1.807, 2.05) is 13.8 Å². The summed E-state index contributed by atoms with van der Waals surface area (Å²) < 4.78 is 29.8. The van der Waals surface area contributed by atoms with Crippen molar-refractivity contribution in [2.24, 2.45) is 0 Å². The number of benzene rings is 1. The fourth-order valence-corrected chi connectivity index (χ4v) is 2.88. The van der Waals surface area contributed by atoms with Crippen LogP contribution in [0, 0.1) is 0 Å². The fraction of sp³-hybridized carbons (Fsp3) is 0.533. The zero-order valence-corrected chi connectivity index (χ0v) is 14.1. The molecular formula is C15H24N2O4S. The van der Waals surface area contributed by atoms with Gasteiger partial charge in [-0.15, -0.1) is 0 Å². The highest BCUT2D eigenvalue weighted by molar-refractivity contribution is 7.88. The Labute approximate surface area is 132 Å². The van der Waals surface area contributed by atoms with Crippen LogP contribution in [0.4, 0.5) is 5.69 Å². The molecule has 0 spiro atoms. The molecule has 0 bridgehead atoms. The SMILES string of the molecule is CCCN(CCC(=O)Nc1ccc(OCC)cc1)S(C)(=O)=O. The Balaban J connectivity index is 2.51. The van der Waals surface area contributed by atoms with Crippen molar-refractivity contribution in [3.8, 4) is 5.75 Å². The van der Waals surface area contributed by atoms with Crippen LogP contribution in [0.25, 0.3) is 0 Å². The number of nitrogens with zero attached hydrogens (tertiary/aromatic N) is 1. The molecule has 0 aliphatic heterocycles. The van der Waals surface area contributed by atoms with Gasteiger partial charge in [-0.25, -0.2) is 12.7 Å². The summed E-state index contributed by atoms with van der Waals surface area (Å²) in [6, 6.07) is 7.06. The van der Waals surface area contributed by atoms with Crippen molar-refractivity contribution in [3.63, 3.8) is 0 Å². The number of hydrogen-bond donors (Lipinski definition) is 1. The second-order valence-corrected chi connectivity index (χ2v) is 6.90. The van der Waals surface area contributed by atoms with E-state index in [0.29, 0.717) is 25.3 Å². The maximum Gasteiger partial charge on any atom is 0.225 e. The van der Waals surface area contributed by atoms with E-state index < -0.39 is 10.0 Å². The van der Waals surface area contributed by atoms with Crippen LogP contribution < -0.4 is 10.1 Å². The summed E-state index contributed by atoms with van der Waals surface area (Å²) in [4.78, 5) is 11.9. The first-order valence-corrected chi connectivity index (χ1v) is 9.19. The average Bonchev–Trinajstić information content (AvgIpc) is 2.44. The summed E-state index contributed by atoms with van der Waals surface area (Å²) >= 11 is 0. The van der Waals surface area contributed by atoms with E-state index in [0.717, 1.165) is 12.0 Å². The van der Waals surface area contributed by atoms with Gasteiger partial charge in [-0.1, -0.05) is 6.92 Å². The van der Waals surface area contributed by atoms with Crippen molar-refractivity contribution >= 4 is 21.6 Å². The summed E-state index contributed by atoms with van der Waals surface area (Å²) in [5.41, 5.74) is 0.662. The number of amides is 1. The van der Waals surface area contributed by atoms with Crippen LogP contribution >= 0.6 is 0 Å². The van der Waals surface area contributed by atoms with Crippen molar-refractivity contribution in [2.75, 3.05) is 31.3 Å². The molecule has 0 saturated carbocycles. The summed E-state index contributed by atoms with van der Waals surface area (Å²) in [5.74, 6) is 0.528. The molecule has 0 saturated heterocycles. The lowest BCUT2D eigenvalue weighted by molar-refractivity contribution is -0.116. The zero-order chi connectivity index (χ0) is 16.6. The van der Waals surface area contributed by atoms with Gasteiger partial charge in [0.05, 0.1) is 12.9 Å². The summed E-state index contributed by atoms with van der Waals surface area (Å²) in [6.07, 6.45) is 2.00. The van der Waals surface area contributed by atoms with Crippen LogP contribution in [0.3, 0.4) is 0 Å². The van der Waals surface area contributed by atoms with E-state index in [1.54, 1.807) is 24.3 Å². The normalized spacial score (nSPS) is 11.5. The smallest absolute Gasteiger partial charge is 0.225 e. The van der Waals surface area contributed by atoms with Crippen LogP contribution in [0.5, 0.6) is 5.75 Å². The number of sulfonamides is 1. The van der Waals surface area contributed by atoms with Gasteiger partial charge in [0.1, 0.15) is 5.75 Å². The fourth-order valence-electron chi connectivity index (χ4n) is 1.94. The van der Waals surface area contributed by atoms with Crippen LogP contribution in [0.2, 0.25) is 0 Å². The molecular weight excluding hydrogens is 304 g/mol. The largest absolute Gasteiger partial charge is 0.494 e. The van der Waals surface area contributed by atoms with Gasteiger partial charge in [0.2, 0.25) is 15.9 Å². The molecule has 124 valence electrons. The second kappa shape index (κ2) is 8.75. The van der Waals surface area contributed by atoms with Gasteiger partial charge in [0.15, 0.2) is 0 Å². The third-order valence-electron chi connectivity index (χ3n) is 2.98. The van der Waals surface area contributed by atoms with Crippen LogP contribution in [0.1, 0.15) is 26.7 Å². The molecule has 7 heteroatoms. The molecule has 0 radical (unpaired) electrons. The van der Waals surface area contributed by atoms with Gasteiger partial charge in [0.25, 0.3) is 0 Å². The van der Waals surface area contributed by atoms with Gasteiger partial charge in [-0.2, -0.15) is 0 Å². The van der Waals surface area contributed by atoms with Gasteiger partial charge in [-0.3, -0.25) is 4.79 Å². The highest BCUT2D eigenvalue weighted by Gasteiger charge is 2.16. The number of carbonyl (C=O) groups excluding carboxylic acids is 1. The van der Waals surface area contributed by atoms with Crippen LogP contribution in [0.15, 0.2) is 24.3 Å². The van der Waals surface area contributed by atoms with Crippen LogP contribution in [-0.2, 0) is 14.8 Å². The lowest BCUT2D eigenvalue weighted by Gasteiger charge is -2.18. The molecule has 1 amide bonds. The number of nitrogens with one attached hydrogen (secondary N) is 1. The second-order valence-electron chi connectivity index (χ2n) is 4.92. The Kier molecular flexibility index (Phi) is 7.34. The maximum atomic E-state index is 11.9. The van der Waals surface area contributed by atoms with E-state index in [9.17, 15) is 13.2 Å². The molecule has 0 atom stereocenters. The molecule has 0 fully saturated rings. The molecule has 1 N–H and O–H groups in total. The minimum atomic E-state index is -3.27. The quantitative estimate of drug-likeness (QED) is 0.753. The Hall–Kier alpha value is -1.60. The minimum absolute atomic E-state index is 0.125. The minimum Gasteiger partial charge on any atom is -0.494 e. The third kappa shape index (κ3) is 6.44. The maximum absolute atomic E-state index is 11.9. The van der Waals surface area contributed by atoms with E-state index in [2.05, 4.69) is 5.32 Å². The lowest BCUT2D eigenvalue weighted by atomic mass is 10.3. The van der Waals surface area contributed by atoms with Gasteiger partial charge < -0.3 is 10.1 Å². The standard InChI is InChI=1S/C15H24N2O4S/c1-4-11-17(22(3,19)20)12-10-15(18)16-13-6-8-14(9-7-13)21-5-2/h6-9H,4-5,10-12H2,1-3H3,(H,16,18). The third-order valence-corrected chi connectivity index (χ3v) is 4.28. The molecule has 1 aromatic rings. The first-order chi connectivity index (χ1) is 10.4. The number of carbonyl (C=O) groups is 1. The Morgan fingerprint density at radius 2 is 1.82 bits per heavy atom. The summed E-state index contributed by atoms with van der Waals surface area (Å²) in [5, 5.41) is 2.74. The molecule has 0 unspecified atom stereocenters. The average molecular weight is 328 g/mol. The Morgan fingerprint density at radius 3 is 2.32 bits per heavy atom. The molecule has 0 aromatic heterocycles. The molecule has 0 heterocycles. The number of hydrogen-bond acceptors (Lipinski definition) is 4. The Bertz CT molecular complexity index is 570. The van der Waals surface area contributed by atoms with E-state index in [1.165, 1.54) is 4.31 Å². The van der Waals surface area contributed by atoms with Crippen molar-refractivity contribution < 1.29 is 17.9 Å². The van der Waals surface area contributed by atoms with Crippen molar-refractivity contribution in [2.45, 2.75) is 26.7 Å². The Morgan fingerprint density at radius 1 is 1.18 bits per heavy atom. The predicted molar refractivity (Wildman–Crippen MR) is 87.6 cm³/mol. The van der Waals surface area contributed by atoms with Crippen LogP contribution in [-0.4, -0.2) is 44.6 Å². The van der Waals surface area contributed by atoms with E-state index in [-0.39, 0.29) is 18.9 Å². The molecule has 1 rings (SSSR count). The highest BCUT2D eigenvalue weighted by atomic mass is 32.2. The molecule has 6 nitrogen and oxygen atoms in total. The zero-order valence-electron chi connectivity index (χ0n) is 13.3. The molecule has 1 aromatic carbocycles. The summed E-state index contributed by atoms with van der Waals surface area (Å²) in [7, 11) is -3.27. The lowest BCUT2D eigenvalue weighted by Crippen LogP contribution is -2.33. The van der Waals surface area contributed by atoms with Crippen molar-refractivity contribution in [1.82, 2.24) is 4.31 Å². The first kappa shape index (κ1) is 18.4. The van der Waals surface area contributed by atoms with Gasteiger partial charge in [-0.05, 0) is 37.6 Å². The summed E-state index contributed by atoms with van der Waals surface area (Å²) in [6.45, 7) is 5.01. The highest BCUT2D eigenvalue weighted by Crippen LogP contribution is 2.15. The molecule has 0 aliphatic rings. The molecule has 22 heavy (non-hydrogen) atoms. The topological polar surface area (TPSA) is 75.7 Å². The van der Waals surface area contributed by atoms with E-state index in [4.69, 9.17) is 4.74 Å². The van der Waals surface area contributed by atoms with Crippen molar-refractivity contribution in [3.05, 3.63) is 24.3 Å². The predicted octanol–water partition coefficient (Wildman–Crippen LogP) is 2.09. The van der Waals surface area contributed by atoms with Gasteiger partial charge >= 0.3 is 0 Å². The number of anilines is 1. The monoisotopic (exact) mass is 328 g/mol.